The van der Waals surface area contributed by atoms with Crippen LogP contribution in [0.4, 0.5) is 4.79 Å². The third kappa shape index (κ3) is 4.16. The molecule has 3 rings (SSSR count). The lowest BCUT2D eigenvalue weighted by molar-refractivity contribution is 0.190. The Morgan fingerprint density at radius 1 is 1.27 bits per heavy atom. The summed E-state index contributed by atoms with van der Waals surface area (Å²) in [7, 11) is -3.59. The van der Waals surface area contributed by atoms with Gasteiger partial charge in [-0.15, -0.1) is 0 Å². The van der Waals surface area contributed by atoms with Gasteiger partial charge in [0.05, 0.1) is 27.7 Å². The van der Waals surface area contributed by atoms with Gasteiger partial charge in [-0.3, -0.25) is 9.36 Å². The van der Waals surface area contributed by atoms with Gasteiger partial charge in [-0.05, 0) is 36.8 Å². The van der Waals surface area contributed by atoms with Gasteiger partial charge in [0.1, 0.15) is 11.2 Å². The standard InChI is InChI=1S/C19H19ClN4O5S/c1-10(22-19(26)27)17-23-14-8-4-7-13(20)15(14)18(25)24(17)12-6-3-5-11(9-12)16(21)30(2,28)29/h3-10,16,22H,21H2,1-2H3,(H,26,27). The number of nitrogens with zero attached hydrogens (tertiary/aromatic N) is 2. The maximum absolute atomic E-state index is 13.4. The van der Waals surface area contributed by atoms with E-state index in [1.807, 2.05) is 0 Å². The Labute approximate surface area is 177 Å². The molecule has 1 amide bonds. The molecule has 4 N–H and O–H groups in total. The largest absolute Gasteiger partial charge is 0.465 e. The molecule has 0 radical (unpaired) electrons. The summed E-state index contributed by atoms with van der Waals surface area (Å²) in [5.41, 5.74) is 6.16. The number of nitrogens with two attached hydrogens (primary N) is 1. The van der Waals surface area contributed by atoms with Crippen LogP contribution in [-0.4, -0.2) is 35.4 Å². The number of carboxylic acid groups (broad SMARTS) is 1. The van der Waals surface area contributed by atoms with Crippen LogP contribution in [0.25, 0.3) is 16.6 Å². The van der Waals surface area contributed by atoms with E-state index in [1.54, 1.807) is 30.3 Å². The van der Waals surface area contributed by atoms with E-state index in [1.165, 1.54) is 23.6 Å². The van der Waals surface area contributed by atoms with Crippen LogP contribution in [0.3, 0.4) is 0 Å². The molecule has 1 aromatic heterocycles. The van der Waals surface area contributed by atoms with Gasteiger partial charge in [0.2, 0.25) is 0 Å². The molecule has 9 nitrogen and oxygen atoms in total. The van der Waals surface area contributed by atoms with Gasteiger partial charge in [-0.2, -0.15) is 0 Å². The first-order valence-corrected chi connectivity index (χ1v) is 11.1. The van der Waals surface area contributed by atoms with Gasteiger partial charge < -0.3 is 16.2 Å². The van der Waals surface area contributed by atoms with Crippen molar-refractivity contribution in [2.24, 2.45) is 5.73 Å². The van der Waals surface area contributed by atoms with E-state index in [0.717, 1.165) is 6.26 Å². The van der Waals surface area contributed by atoms with Gasteiger partial charge in [0.15, 0.2) is 9.84 Å². The maximum Gasteiger partial charge on any atom is 0.405 e. The first kappa shape index (κ1) is 21.8. The molecule has 0 saturated carbocycles. The van der Waals surface area contributed by atoms with Crippen LogP contribution >= 0.6 is 11.6 Å². The summed E-state index contributed by atoms with van der Waals surface area (Å²) in [6, 6.07) is 10.0. The van der Waals surface area contributed by atoms with Crippen LogP contribution in [0, 0.1) is 0 Å². The van der Waals surface area contributed by atoms with Gasteiger partial charge in [0, 0.05) is 6.26 Å². The molecule has 0 spiro atoms. The predicted molar refractivity (Wildman–Crippen MR) is 114 cm³/mol. The lowest BCUT2D eigenvalue weighted by atomic mass is 10.1. The lowest BCUT2D eigenvalue weighted by Gasteiger charge is -2.20. The third-order valence-corrected chi connectivity index (χ3v) is 6.03. The molecular weight excluding hydrogens is 432 g/mol. The number of hydrogen-bond acceptors (Lipinski definition) is 6. The highest BCUT2D eigenvalue weighted by Crippen LogP contribution is 2.24. The molecule has 158 valence electrons. The van der Waals surface area contributed by atoms with E-state index in [9.17, 15) is 18.0 Å². The number of rotatable bonds is 5. The zero-order valence-electron chi connectivity index (χ0n) is 16.0. The minimum absolute atomic E-state index is 0.113. The lowest BCUT2D eigenvalue weighted by Crippen LogP contribution is -2.32. The smallest absolute Gasteiger partial charge is 0.405 e. The van der Waals surface area contributed by atoms with Crippen molar-refractivity contribution < 1.29 is 18.3 Å². The van der Waals surface area contributed by atoms with Crippen LogP contribution < -0.4 is 16.6 Å². The molecule has 0 aliphatic heterocycles. The Morgan fingerprint density at radius 2 is 1.93 bits per heavy atom. The van der Waals surface area contributed by atoms with E-state index < -0.39 is 32.9 Å². The summed E-state index contributed by atoms with van der Waals surface area (Å²) in [6.07, 6.45) is -0.277. The van der Waals surface area contributed by atoms with Crippen molar-refractivity contribution >= 4 is 38.4 Å². The summed E-state index contributed by atoms with van der Waals surface area (Å²) >= 11 is 6.22. The van der Waals surface area contributed by atoms with Gasteiger partial charge in [0.25, 0.3) is 5.56 Å². The monoisotopic (exact) mass is 450 g/mol. The van der Waals surface area contributed by atoms with E-state index in [0.29, 0.717) is 5.52 Å². The summed E-state index contributed by atoms with van der Waals surface area (Å²) in [6.45, 7) is 1.54. The Morgan fingerprint density at radius 3 is 2.57 bits per heavy atom. The SMILES string of the molecule is CC(NC(=O)O)c1nc2cccc(Cl)c2c(=O)n1-c1cccc(C(N)S(C)(=O)=O)c1. The molecule has 0 saturated heterocycles. The molecule has 30 heavy (non-hydrogen) atoms. The van der Waals surface area contributed by atoms with E-state index in [2.05, 4.69) is 10.3 Å². The fraction of sp³-hybridized carbons (Fsp3) is 0.211. The molecule has 2 aromatic carbocycles. The average molecular weight is 451 g/mol. The summed E-state index contributed by atoms with van der Waals surface area (Å²) in [5.74, 6) is 0.113. The second kappa shape index (κ2) is 8.05. The number of sulfone groups is 1. The molecule has 3 aromatic rings. The molecule has 11 heteroatoms. The van der Waals surface area contributed by atoms with Gasteiger partial charge in [-0.1, -0.05) is 29.8 Å². The Kier molecular flexibility index (Phi) is 5.84. The Hall–Kier alpha value is -2.95. The zero-order valence-corrected chi connectivity index (χ0v) is 17.6. The molecule has 0 fully saturated rings. The van der Waals surface area contributed by atoms with Crippen LogP contribution in [0.5, 0.6) is 0 Å². The summed E-state index contributed by atoms with van der Waals surface area (Å²) < 4.78 is 24.9. The number of benzene rings is 2. The summed E-state index contributed by atoms with van der Waals surface area (Å²) in [4.78, 5) is 29.0. The van der Waals surface area contributed by atoms with Gasteiger partial charge >= 0.3 is 6.09 Å². The van der Waals surface area contributed by atoms with E-state index in [4.69, 9.17) is 22.4 Å². The molecule has 1 heterocycles. The third-order valence-electron chi connectivity index (χ3n) is 4.52. The highest BCUT2D eigenvalue weighted by Gasteiger charge is 2.22. The molecule has 2 atom stereocenters. The number of hydrogen-bond donors (Lipinski definition) is 3. The minimum atomic E-state index is -3.59. The second-order valence-electron chi connectivity index (χ2n) is 6.76. The van der Waals surface area contributed by atoms with Crippen LogP contribution in [0.15, 0.2) is 47.3 Å². The van der Waals surface area contributed by atoms with E-state index in [-0.39, 0.29) is 27.5 Å². The van der Waals surface area contributed by atoms with Crippen molar-refractivity contribution in [3.8, 4) is 5.69 Å². The minimum Gasteiger partial charge on any atom is -0.465 e. The quantitative estimate of drug-likeness (QED) is 0.541. The van der Waals surface area contributed by atoms with Crippen molar-refractivity contribution in [1.29, 1.82) is 0 Å². The van der Waals surface area contributed by atoms with Crippen molar-refractivity contribution in [2.75, 3.05) is 6.26 Å². The van der Waals surface area contributed by atoms with Crippen LogP contribution in [0.1, 0.15) is 29.7 Å². The highest BCUT2D eigenvalue weighted by molar-refractivity contribution is 7.90. The highest BCUT2D eigenvalue weighted by atomic mass is 35.5. The van der Waals surface area contributed by atoms with Crippen molar-refractivity contribution in [3.05, 3.63) is 69.2 Å². The predicted octanol–water partition coefficient (Wildman–Crippen LogP) is 2.37. The second-order valence-corrected chi connectivity index (χ2v) is 9.33. The molecule has 0 aliphatic rings. The number of fused-ring (bicyclic) bond motifs is 1. The van der Waals surface area contributed by atoms with Crippen molar-refractivity contribution in [3.63, 3.8) is 0 Å². The molecule has 0 aliphatic carbocycles. The topological polar surface area (TPSA) is 144 Å². The number of nitrogens with one attached hydrogen (secondary N) is 1. The normalized spacial score (nSPS) is 13.7. The van der Waals surface area contributed by atoms with Crippen molar-refractivity contribution in [2.45, 2.75) is 18.3 Å². The summed E-state index contributed by atoms with van der Waals surface area (Å²) in [5, 5.41) is 10.4. The van der Waals surface area contributed by atoms with Crippen LogP contribution in [-0.2, 0) is 9.84 Å². The molecule has 0 bridgehead atoms. The number of amides is 1. The first-order chi connectivity index (χ1) is 14.0. The zero-order chi connectivity index (χ0) is 22.2. The van der Waals surface area contributed by atoms with Crippen LogP contribution in [0.2, 0.25) is 5.02 Å². The molecule has 2 unspecified atom stereocenters. The maximum atomic E-state index is 13.4. The number of carbonyl (C=O) groups is 1. The first-order valence-electron chi connectivity index (χ1n) is 8.76. The molecular formula is C19H19ClN4O5S. The number of halogens is 1. The van der Waals surface area contributed by atoms with E-state index >= 15 is 0 Å². The Balaban J connectivity index is 2.34. The number of aromatic nitrogens is 2. The Bertz CT molecular complexity index is 1310. The van der Waals surface area contributed by atoms with Crippen molar-refractivity contribution in [1.82, 2.24) is 14.9 Å². The average Bonchev–Trinajstić information content (AvgIpc) is 2.66. The fourth-order valence-electron chi connectivity index (χ4n) is 3.08. The fourth-order valence-corrected chi connectivity index (χ4v) is 3.98. The van der Waals surface area contributed by atoms with Gasteiger partial charge in [-0.25, -0.2) is 18.2 Å².